The van der Waals surface area contributed by atoms with Gasteiger partial charge in [-0.1, -0.05) is 26.0 Å². The largest absolute Gasteiger partial charge is 0.332 e. The summed E-state index contributed by atoms with van der Waals surface area (Å²) in [5, 5.41) is 7.26. The first-order valence-electron chi connectivity index (χ1n) is 9.54. The monoisotopic (exact) mass is 337 g/mol. The van der Waals surface area contributed by atoms with Gasteiger partial charge in [0.25, 0.3) is 5.91 Å². The topological polar surface area (TPSA) is 49.0 Å². The molecule has 4 heteroatoms. The van der Waals surface area contributed by atoms with Gasteiger partial charge in [-0.25, -0.2) is 0 Å². The van der Waals surface area contributed by atoms with Crippen LogP contribution in [0.2, 0.25) is 0 Å². The summed E-state index contributed by atoms with van der Waals surface area (Å²) in [6.45, 7) is 4.45. The van der Waals surface area contributed by atoms with Crippen LogP contribution in [0, 0.1) is 5.92 Å². The molecule has 4 rings (SSSR count). The number of H-pyrrole nitrogens is 1. The summed E-state index contributed by atoms with van der Waals surface area (Å²) < 4.78 is 0. The summed E-state index contributed by atoms with van der Waals surface area (Å²) in [4.78, 5) is 15.4. The number of hydrogen-bond donors (Lipinski definition) is 1. The maximum absolute atomic E-state index is 13.2. The van der Waals surface area contributed by atoms with Gasteiger partial charge in [0.15, 0.2) is 0 Å². The van der Waals surface area contributed by atoms with Crippen molar-refractivity contribution in [3.63, 3.8) is 0 Å². The Hall–Kier alpha value is -2.10. The van der Waals surface area contributed by atoms with E-state index in [1.54, 1.807) is 0 Å². The number of aryl methyl sites for hydroxylation is 1. The molecule has 0 saturated heterocycles. The van der Waals surface area contributed by atoms with Gasteiger partial charge in [0.2, 0.25) is 0 Å². The van der Waals surface area contributed by atoms with Crippen molar-refractivity contribution in [3.8, 4) is 0 Å². The van der Waals surface area contributed by atoms with Crippen LogP contribution in [0.1, 0.15) is 60.3 Å². The lowest BCUT2D eigenvalue weighted by Gasteiger charge is -2.34. The van der Waals surface area contributed by atoms with E-state index in [2.05, 4.69) is 41.1 Å². The van der Waals surface area contributed by atoms with E-state index in [0.29, 0.717) is 18.0 Å². The van der Waals surface area contributed by atoms with Crippen LogP contribution in [0.5, 0.6) is 0 Å². The predicted molar refractivity (Wildman–Crippen MR) is 98.6 cm³/mol. The molecule has 1 unspecified atom stereocenters. The average Bonchev–Trinajstić information content (AvgIpc) is 3.31. The maximum Gasteiger partial charge on any atom is 0.254 e. The number of nitrogens with zero attached hydrogens (tertiary/aromatic N) is 2. The number of fused-ring (bicyclic) bond motifs is 1. The molecule has 1 fully saturated rings. The molecule has 2 aliphatic carbocycles. The van der Waals surface area contributed by atoms with Crippen LogP contribution in [-0.2, 0) is 19.3 Å². The third-order valence-corrected chi connectivity index (χ3v) is 5.40. The van der Waals surface area contributed by atoms with Crippen molar-refractivity contribution >= 4 is 5.91 Å². The molecule has 1 aromatic carbocycles. The molecule has 132 valence electrons. The van der Waals surface area contributed by atoms with E-state index < -0.39 is 0 Å². The zero-order valence-corrected chi connectivity index (χ0v) is 15.2. The van der Waals surface area contributed by atoms with Gasteiger partial charge in [0.05, 0.1) is 6.20 Å². The molecular formula is C21H27N3O. The summed E-state index contributed by atoms with van der Waals surface area (Å²) in [7, 11) is 0. The highest BCUT2D eigenvalue weighted by atomic mass is 16.2. The number of nitrogens with one attached hydrogen (secondary N) is 1. The zero-order valence-electron chi connectivity index (χ0n) is 15.2. The molecule has 0 radical (unpaired) electrons. The van der Waals surface area contributed by atoms with Gasteiger partial charge in [-0.05, 0) is 67.7 Å². The molecule has 25 heavy (non-hydrogen) atoms. The van der Waals surface area contributed by atoms with Crippen LogP contribution >= 0.6 is 0 Å². The minimum atomic E-state index is 0.204. The summed E-state index contributed by atoms with van der Waals surface area (Å²) in [6, 6.07) is 9.01. The van der Waals surface area contributed by atoms with E-state index in [-0.39, 0.29) is 5.91 Å². The van der Waals surface area contributed by atoms with Crippen LogP contribution in [-0.4, -0.2) is 33.1 Å². The molecule has 0 spiro atoms. The lowest BCUT2D eigenvalue weighted by Crippen LogP contribution is -2.44. The van der Waals surface area contributed by atoms with E-state index in [1.165, 1.54) is 16.8 Å². The zero-order chi connectivity index (χ0) is 17.4. The first-order chi connectivity index (χ1) is 12.1. The molecule has 1 N–H and O–H groups in total. The number of hydrogen-bond acceptors (Lipinski definition) is 2. The normalized spacial score (nSPS) is 19.7. The Balaban J connectivity index is 1.52. The Morgan fingerprint density at radius 1 is 1.20 bits per heavy atom. The fourth-order valence-corrected chi connectivity index (χ4v) is 4.02. The molecule has 1 heterocycles. The first kappa shape index (κ1) is 16.4. The highest BCUT2D eigenvalue weighted by molar-refractivity contribution is 5.95. The lowest BCUT2D eigenvalue weighted by molar-refractivity contribution is 0.0643. The molecule has 1 aromatic heterocycles. The van der Waals surface area contributed by atoms with Gasteiger partial charge < -0.3 is 4.90 Å². The summed E-state index contributed by atoms with van der Waals surface area (Å²) >= 11 is 0. The standard InChI is InChI=1S/C21H27N3O/c1-14(2)11-15-3-5-16(6-4-15)21(25)24(18-7-8-18)19-9-10-20-17(12-19)13-22-23-20/h3-6,13-14,18-19H,7-12H2,1-2H3,(H,22,23). The number of carbonyl (C=O) groups is 1. The molecule has 0 bridgehead atoms. The average molecular weight is 337 g/mol. The molecule has 1 saturated carbocycles. The van der Waals surface area contributed by atoms with E-state index >= 15 is 0 Å². The van der Waals surface area contributed by atoms with Crippen molar-refractivity contribution in [2.24, 2.45) is 5.92 Å². The third kappa shape index (κ3) is 3.48. The molecule has 2 aliphatic rings. The minimum absolute atomic E-state index is 0.204. The van der Waals surface area contributed by atoms with Crippen molar-refractivity contribution in [1.29, 1.82) is 0 Å². The lowest BCUT2D eigenvalue weighted by atomic mass is 9.91. The number of rotatable bonds is 5. The molecular weight excluding hydrogens is 310 g/mol. The molecule has 2 aromatic rings. The summed E-state index contributed by atoms with van der Waals surface area (Å²) in [6.07, 6.45) is 8.23. The van der Waals surface area contributed by atoms with Gasteiger partial charge in [-0.15, -0.1) is 0 Å². The Morgan fingerprint density at radius 3 is 2.64 bits per heavy atom. The Labute approximate surface area is 149 Å². The number of aromatic nitrogens is 2. The van der Waals surface area contributed by atoms with Crippen LogP contribution in [0.4, 0.5) is 0 Å². The van der Waals surface area contributed by atoms with E-state index in [1.807, 2.05) is 18.3 Å². The molecule has 4 nitrogen and oxygen atoms in total. The SMILES string of the molecule is CC(C)Cc1ccc(C(=O)N(C2CC2)C2CCc3[nH]ncc3C2)cc1. The minimum Gasteiger partial charge on any atom is -0.332 e. The van der Waals surface area contributed by atoms with Crippen LogP contribution in [0.15, 0.2) is 30.5 Å². The number of amides is 1. The second kappa shape index (κ2) is 6.66. The van der Waals surface area contributed by atoms with Gasteiger partial charge in [0.1, 0.15) is 0 Å². The number of aromatic amines is 1. The van der Waals surface area contributed by atoms with Crippen molar-refractivity contribution in [2.45, 2.75) is 64.5 Å². The quantitative estimate of drug-likeness (QED) is 0.903. The van der Waals surface area contributed by atoms with Crippen molar-refractivity contribution in [3.05, 3.63) is 52.8 Å². The van der Waals surface area contributed by atoms with Gasteiger partial charge >= 0.3 is 0 Å². The van der Waals surface area contributed by atoms with Gasteiger partial charge in [0, 0.05) is 23.3 Å². The highest BCUT2D eigenvalue weighted by Crippen LogP contribution is 2.34. The van der Waals surface area contributed by atoms with E-state index in [4.69, 9.17) is 0 Å². The number of carbonyl (C=O) groups excluding carboxylic acids is 1. The summed E-state index contributed by atoms with van der Waals surface area (Å²) in [5.74, 6) is 0.839. The Morgan fingerprint density at radius 2 is 1.96 bits per heavy atom. The van der Waals surface area contributed by atoms with Crippen molar-refractivity contribution < 1.29 is 4.79 Å². The second-order valence-electron chi connectivity index (χ2n) is 8.01. The van der Waals surface area contributed by atoms with Crippen LogP contribution in [0.3, 0.4) is 0 Å². The fourth-order valence-electron chi connectivity index (χ4n) is 4.02. The maximum atomic E-state index is 13.2. The third-order valence-electron chi connectivity index (χ3n) is 5.40. The van der Waals surface area contributed by atoms with E-state index in [0.717, 1.165) is 44.1 Å². The molecule has 1 amide bonds. The smallest absolute Gasteiger partial charge is 0.254 e. The Bertz CT molecular complexity index is 743. The highest BCUT2D eigenvalue weighted by Gasteiger charge is 2.39. The molecule has 0 aliphatic heterocycles. The molecule has 1 atom stereocenters. The Kier molecular flexibility index (Phi) is 4.36. The second-order valence-corrected chi connectivity index (χ2v) is 8.01. The van der Waals surface area contributed by atoms with Gasteiger partial charge in [-0.3, -0.25) is 9.89 Å². The van der Waals surface area contributed by atoms with Crippen molar-refractivity contribution in [1.82, 2.24) is 15.1 Å². The first-order valence-corrected chi connectivity index (χ1v) is 9.54. The van der Waals surface area contributed by atoms with Crippen LogP contribution < -0.4 is 0 Å². The fraction of sp³-hybridized carbons (Fsp3) is 0.524. The van der Waals surface area contributed by atoms with Gasteiger partial charge in [-0.2, -0.15) is 5.10 Å². The summed E-state index contributed by atoms with van der Waals surface area (Å²) in [5.41, 5.74) is 4.67. The van der Waals surface area contributed by atoms with E-state index in [9.17, 15) is 4.79 Å². The predicted octanol–water partition coefficient (Wildman–Crippen LogP) is 3.77. The van der Waals surface area contributed by atoms with Crippen LogP contribution in [0.25, 0.3) is 0 Å². The number of benzene rings is 1. The van der Waals surface area contributed by atoms with Crippen molar-refractivity contribution in [2.75, 3.05) is 0 Å².